The number of rotatable bonds is 3. The lowest BCUT2D eigenvalue weighted by molar-refractivity contribution is -0.137. The minimum atomic E-state index is -1.30. The quantitative estimate of drug-likeness (QED) is 0.770. The molecule has 0 bridgehead atoms. The number of piperazine rings is 1. The van der Waals surface area contributed by atoms with Crippen LogP contribution >= 0.6 is 0 Å². The van der Waals surface area contributed by atoms with Crippen molar-refractivity contribution < 1.29 is 19.1 Å². The number of hydrogen-bond donors (Lipinski definition) is 3. The number of nitrogens with one attached hydrogen (secondary N) is 2. The number of carbonyl (C=O) groups excluding carboxylic acids is 1. The van der Waals surface area contributed by atoms with Crippen LogP contribution in [0.15, 0.2) is 18.2 Å². The Hall–Kier alpha value is -1.99. The van der Waals surface area contributed by atoms with Gasteiger partial charge in [0.2, 0.25) is 0 Å². The first kappa shape index (κ1) is 17.8. The van der Waals surface area contributed by atoms with E-state index in [0.717, 1.165) is 13.1 Å². The summed E-state index contributed by atoms with van der Waals surface area (Å²) in [5.41, 5.74) is -0.131. The van der Waals surface area contributed by atoms with Crippen molar-refractivity contribution in [1.82, 2.24) is 15.5 Å². The van der Waals surface area contributed by atoms with Gasteiger partial charge < -0.3 is 15.7 Å². The Balaban J connectivity index is 2.12. The zero-order valence-electron chi connectivity index (χ0n) is 14.3. The van der Waals surface area contributed by atoms with Crippen LogP contribution in [0.4, 0.5) is 9.18 Å². The van der Waals surface area contributed by atoms with Crippen molar-refractivity contribution in [3.8, 4) is 0 Å². The summed E-state index contributed by atoms with van der Waals surface area (Å²) in [6.07, 6.45) is 0.260. The number of hydrogen-bond acceptors (Lipinski definition) is 4. The Labute approximate surface area is 146 Å². The third kappa shape index (κ3) is 3.14. The number of Topliss-reactive ketones (excluding diaryl/α,β-unsaturated/α-hetero) is 1. The summed E-state index contributed by atoms with van der Waals surface area (Å²) < 4.78 is 13.6. The molecule has 1 atom stereocenters. The third-order valence-electron chi connectivity index (χ3n) is 5.34. The van der Waals surface area contributed by atoms with Crippen LogP contribution in [0.5, 0.6) is 0 Å². The smallest absolute Gasteiger partial charge is 0.408 e. The highest BCUT2D eigenvalue weighted by Crippen LogP contribution is 2.37. The third-order valence-corrected chi connectivity index (χ3v) is 5.34. The Bertz CT molecular complexity index is 676. The number of carbonyl (C=O) groups is 2. The molecule has 3 rings (SSSR count). The first-order valence-corrected chi connectivity index (χ1v) is 8.70. The summed E-state index contributed by atoms with van der Waals surface area (Å²) >= 11 is 0. The maximum atomic E-state index is 13.6. The fraction of sp³-hybridized carbons (Fsp3) is 0.556. The van der Waals surface area contributed by atoms with Gasteiger partial charge in [-0.2, -0.15) is 0 Å². The lowest BCUT2D eigenvalue weighted by Gasteiger charge is -2.47. The Morgan fingerprint density at radius 1 is 1.24 bits per heavy atom. The van der Waals surface area contributed by atoms with Gasteiger partial charge >= 0.3 is 6.09 Å². The minimum absolute atomic E-state index is 0.0849. The second-order valence-electron chi connectivity index (χ2n) is 6.82. The highest BCUT2D eigenvalue weighted by Gasteiger charge is 2.52. The van der Waals surface area contributed by atoms with E-state index in [0.29, 0.717) is 30.5 Å². The van der Waals surface area contributed by atoms with E-state index in [9.17, 15) is 19.1 Å². The SMILES string of the molecule is Cc1cc(F)ccc1[C@@]1(C(=O)C2CCNCC2)CNCCN1C(=O)O. The van der Waals surface area contributed by atoms with Crippen molar-refractivity contribution in [2.24, 2.45) is 5.92 Å². The first-order valence-electron chi connectivity index (χ1n) is 8.70. The van der Waals surface area contributed by atoms with Gasteiger partial charge in [0.05, 0.1) is 0 Å². The molecule has 0 aromatic heterocycles. The highest BCUT2D eigenvalue weighted by atomic mass is 19.1. The topological polar surface area (TPSA) is 81.7 Å². The van der Waals surface area contributed by atoms with Crippen LogP contribution in [0.3, 0.4) is 0 Å². The predicted octanol–water partition coefficient (Wildman–Crippen LogP) is 1.48. The molecular weight excluding hydrogens is 325 g/mol. The standard InChI is InChI=1S/C18H24FN3O3/c1-12-10-14(19)2-3-15(12)18(11-21-8-9-22(18)17(24)25)16(23)13-4-6-20-7-5-13/h2-3,10,13,20-21H,4-9,11H2,1H3,(H,24,25)/t18-/m1/s1. The number of aryl methyl sites for hydroxylation is 1. The molecule has 0 aliphatic carbocycles. The summed E-state index contributed by atoms with van der Waals surface area (Å²) in [6, 6.07) is 4.22. The van der Waals surface area contributed by atoms with Crippen molar-refractivity contribution in [1.29, 1.82) is 0 Å². The molecule has 136 valence electrons. The van der Waals surface area contributed by atoms with Crippen LogP contribution < -0.4 is 10.6 Å². The van der Waals surface area contributed by atoms with E-state index in [4.69, 9.17) is 0 Å². The van der Waals surface area contributed by atoms with Crippen LogP contribution in [-0.2, 0) is 10.3 Å². The van der Waals surface area contributed by atoms with Gasteiger partial charge in [0, 0.05) is 25.6 Å². The Morgan fingerprint density at radius 3 is 2.60 bits per heavy atom. The molecule has 1 aromatic rings. The molecule has 2 fully saturated rings. The molecule has 0 spiro atoms. The molecule has 25 heavy (non-hydrogen) atoms. The summed E-state index contributed by atoms with van der Waals surface area (Å²) in [4.78, 5) is 26.8. The van der Waals surface area contributed by atoms with E-state index >= 15 is 0 Å². The summed E-state index contributed by atoms with van der Waals surface area (Å²) in [5.74, 6) is -0.679. The molecule has 0 saturated carbocycles. The number of benzene rings is 1. The molecule has 2 heterocycles. The van der Waals surface area contributed by atoms with E-state index in [2.05, 4.69) is 10.6 Å². The van der Waals surface area contributed by atoms with Gasteiger partial charge in [0.1, 0.15) is 11.4 Å². The van der Waals surface area contributed by atoms with Gasteiger partial charge in [0.25, 0.3) is 0 Å². The summed E-state index contributed by atoms with van der Waals surface area (Å²) in [7, 11) is 0. The molecule has 1 aromatic carbocycles. The molecule has 6 nitrogen and oxygen atoms in total. The lowest BCUT2D eigenvalue weighted by Crippen LogP contribution is -2.66. The molecule has 1 amide bonds. The normalized spacial score (nSPS) is 25.0. The van der Waals surface area contributed by atoms with Crippen molar-refractivity contribution in [3.05, 3.63) is 35.1 Å². The van der Waals surface area contributed by atoms with Crippen LogP contribution in [0.25, 0.3) is 0 Å². The van der Waals surface area contributed by atoms with E-state index < -0.39 is 17.4 Å². The molecule has 3 N–H and O–H groups in total. The van der Waals surface area contributed by atoms with E-state index in [1.807, 2.05) is 0 Å². The van der Waals surface area contributed by atoms with Gasteiger partial charge in [-0.3, -0.25) is 9.69 Å². The highest BCUT2D eigenvalue weighted by molar-refractivity contribution is 5.95. The van der Waals surface area contributed by atoms with Crippen molar-refractivity contribution in [2.45, 2.75) is 25.3 Å². The van der Waals surface area contributed by atoms with E-state index in [-0.39, 0.29) is 24.8 Å². The fourth-order valence-corrected chi connectivity index (χ4v) is 4.11. The largest absolute Gasteiger partial charge is 0.465 e. The monoisotopic (exact) mass is 349 g/mol. The van der Waals surface area contributed by atoms with Crippen LogP contribution in [0, 0.1) is 18.7 Å². The zero-order chi connectivity index (χ0) is 18.0. The lowest BCUT2D eigenvalue weighted by atomic mass is 9.73. The molecular formula is C18H24FN3O3. The molecule has 0 radical (unpaired) electrons. The molecule has 2 aliphatic heterocycles. The van der Waals surface area contributed by atoms with Gasteiger partial charge in [-0.25, -0.2) is 9.18 Å². The van der Waals surface area contributed by atoms with Crippen molar-refractivity contribution >= 4 is 11.9 Å². The van der Waals surface area contributed by atoms with Crippen molar-refractivity contribution in [2.75, 3.05) is 32.7 Å². The van der Waals surface area contributed by atoms with Gasteiger partial charge in [-0.1, -0.05) is 6.07 Å². The molecule has 2 saturated heterocycles. The average molecular weight is 349 g/mol. The first-order chi connectivity index (χ1) is 12.0. The van der Waals surface area contributed by atoms with Crippen LogP contribution in [0.2, 0.25) is 0 Å². The molecule has 7 heteroatoms. The minimum Gasteiger partial charge on any atom is -0.465 e. The summed E-state index contributed by atoms with van der Waals surface area (Å²) in [5, 5.41) is 16.2. The second-order valence-corrected chi connectivity index (χ2v) is 6.82. The number of carboxylic acid groups (broad SMARTS) is 1. The average Bonchev–Trinajstić information content (AvgIpc) is 2.61. The molecule has 2 aliphatic rings. The number of ketones is 1. The zero-order valence-corrected chi connectivity index (χ0v) is 14.3. The fourth-order valence-electron chi connectivity index (χ4n) is 4.11. The Morgan fingerprint density at radius 2 is 1.96 bits per heavy atom. The summed E-state index contributed by atoms with van der Waals surface area (Å²) in [6.45, 7) is 4.15. The van der Waals surface area contributed by atoms with E-state index in [1.54, 1.807) is 13.0 Å². The van der Waals surface area contributed by atoms with Crippen LogP contribution in [-0.4, -0.2) is 54.6 Å². The second kappa shape index (κ2) is 7.09. The maximum absolute atomic E-state index is 13.6. The number of nitrogens with zero attached hydrogens (tertiary/aromatic N) is 1. The van der Waals surface area contributed by atoms with Crippen molar-refractivity contribution in [3.63, 3.8) is 0 Å². The maximum Gasteiger partial charge on any atom is 0.408 e. The van der Waals surface area contributed by atoms with Gasteiger partial charge in [0.15, 0.2) is 5.78 Å². The molecule has 0 unspecified atom stereocenters. The number of piperidine rings is 1. The van der Waals surface area contributed by atoms with Gasteiger partial charge in [-0.15, -0.1) is 0 Å². The number of halogens is 1. The Kier molecular flexibility index (Phi) is 5.06. The van der Waals surface area contributed by atoms with Crippen LogP contribution in [0.1, 0.15) is 24.0 Å². The van der Waals surface area contributed by atoms with E-state index in [1.165, 1.54) is 17.0 Å². The van der Waals surface area contributed by atoms with Gasteiger partial charge in [-0.05, 0) is 56.1 Å². The predicted molar refractivity (Wildman–Crippen MR) is 91.0 cm³/mol. The number of amides is 1.